The SMILES string of the molecule is CC(=O)C1CCN(c2cc(-c3cnc4ccc(-c5cn[nH]c5)cc4c3NC(C)C)on2)CC1. The third-order valence-electron chi connectivity index (χ3n) is 6.29. The number of Topliss-reactive ketones (excluding diaryl/α,β-unsaturated/α-hetero) is 1. The summed E-state index contributed by atoms with van der Waals surface area (Å²) in [5.41, 5.74) is 4.83. The number of pyridine rings is 1. The van der Waals surface area contributed by atoms with Crippen molar-refractivity contribution in [2.24, 2.45) is 5.92 Å². The molecule has 0 saturated carbocycles. The maximum atomic E-state index is 11.7. The predicted octanol–water partition coefficient (Wildman–Crippen LogP) is 4.91. The second-order valence-electron chi connectivity index (χ2n) is 8.99. The quantitative estimate of drug-likeness (QED) is 0.436. The van der Waals surface area contributed by atoms with Crippen molar-refractivity contribution in [1.29, 1.82) is 0 Å². The summed E-state index contributed by atoms with van der Waals surface area (Å²) in [6, 6.07) is 8.40. The summed E-state index contributed by atoms with van der Waals surface area (Å²) in [6.45, 7) is 7.51. The number of nitrogens with zero attached hydrogens (tertiary/aromatic N) is 4. The number of H-pyrrole nitrogens is 1. The highest BCUT2D eigenvalue weighted by Crippen LogP contribution is 2.37. The molecule has 5 rings (SSSR count). The number of hydrogen-bond acceptors (Lipinski definition) is 7. The standard InChI is InChI=1S/C25H28N6O2/c1-15(2)29-25-20-10-18(19-12-27-28-13-19)4-5-22(20)26-14-21(25)23-11-24(30-33-23)31-8-6-17(7-9-31)16(3)32/h4-5,10-15,17H,6-9H2,1-3H3,(H,26,29)(H,27,28). The van der Waals surface area contributed by atoms with Crippen molar-refractivity contribution in [3.05, 3.63) is 42.9 Å². The molecule has 1 saturated heterocycles. The topological polar surface area (TPSA) is 99.9 Å². The summed E-state index contributed by atoms with van der Waals surface area (Å²) in [7, 11) is 0. The van der Waals surface area contributed by atoms with Gasteiger partial charge in [0.25, 0.3) is 0 Å². The number of carbonyl (C=O) groups is 1. The molecule has 1 aromatic carbocycles. The zero-order valence-corrected chi connectivity index (χ0v) is 19.1. The monoisotopic (exact) mass is 444 g/mol. The summed E-state index contributed by atoms with van der Waals surface area (Å²) in [4.78, 5) is 18.6. The molecule has 0 bridgehead atoms. The minimum Gasteiger partial charge on any atom is -0.382 e. The number of anilines is 2. The molecule has 0 amide bonds. The molecule has 0 spiro atoms. The molecule has 33 heavy (non-hydrogen) atoms. The predicted molar refractivity (Wildman–Crippen MR) is 129 cm³/mol. The molecular formula is C25H28N6O2. The van der Waals surface area contributed by atoms with Crippen LogP contribution >= 0.6 is 0 Å². The number of aromatic amines is 1. The third-order valence-corrected chi connectivity index (χ3v) is 6.29. The van der Waals surface area contributed by atoms with Crippen molar-refractivity contribution in [1.82, 2.24) is 20.3 Å². The number of benzene rings is 1. The fourth-order valence-corrected chi connectivity index (χ4v) is 4.47. The van der Waals surface area contributed by atoms with Gasteiger partial charge in [-0.25, -0.2) is 0 Å². The molecule has 0 unspecified atom stereocenters. The zero-order chi connectivity index (χ0) is 22.9. The highest BCUT2D eigenvalue weighted by molar-refractivity contribution is 6.00. The molecule has 1 fully saturated rings. The van der Waals surface area contributed by atoms with Crippen molar-refractivity contribution in [3.63, 3.8) is 0 Å². The first-order chi connectivity index (χ1) is 16.0. The molecule has 0 radical (unpaired) electrons. The minimum atomic E-state index is 0.156. The van der Waals surface area contributed by atoms with Gasteiger partial charge in [-0.05, 0) is 51.3 Å². The van der Waals surface area contributed by atoms with Crippen molar-refractivity contribution in [3.8, 4) is 22.5 Å². The normalized spacial score (nSPS) is 14.8. The average Bonchev–Trinajstić information content (AvgIpc) is 3.51. The van der Waals surface area contributed by atoms with E-state index in [9.17, 15) is 4.79 Å². The van der Waals surface area contributed by atoms with Gasteiger partial charge < -0.3 is 14.7 Å². The Morgan fingerprint density at radius 2 is 2.00 bits per heavy atom. The number of ketones is 1. The lowest BCUT2D eigenvalue weighted by molar-refractivity contribution is -0.121. The van der Waals surface area contributed by atoms with Gasteiger partial charge in [-0.3, -0.25) is 14.9 Å². The molecule has 8 nitrogen and oxygen atoms in total. The van der Waals surface area contributed by atoms with Crippen LogP contribution in [0.25, 0.3) is 33.4 Å². The zero-order valence-electron chi connectivity index (χ0n) is 19.1. The molecule has 2 N–H and O–H groups in total. The maximum Gasteiger partial charge on any atom is 0.172 e. The van der Waals surface area contributed by atoms with Gasteiger partial charge in [0.15, 0.2) is 11.6 Å². The van der Waals surface area contributed by atoms with E-state index in [1.54, 1.807) is 6.92 Å². The number of fused-ring (bicyclic) bond motifs is 1. The number of piperidine rings is 1. The van der Waals surface area contributed by atoms with Crippen LogP contribution in [-0.2, 0) is 4.79 Å². The summed E-state index contributed by atoms with van der Waals surface area (Å²) >= 11 is 0. The van der Waals surface area contributed by atoms with Crippen LogP contribution in [0, 0.1) is 5.92 Å². The minimum absolute atomic E-state index is 0.156. The molecule has 170 valence electrons. The number of hydrogen-bond donors (Lipinski definition) is 2. The molecule has 8 heteroatoms. The van der Waals surface area contributed by atoms with Crippen LogP contribution in [0.5, 0.6) is 0 Å². The average molecular weight is 445 g/mol. The summed E-state index contributed by atoms with van der Waals surface area (Å²) < 4.78 is 5.80. The van der Waals surface area contributed by atoms with E-state index in [1.807, 2.05) is 30.7 Å². The van der Waals surface area contributed by atoms with Gasteiger partial charge in [-0.1, -0.05) is 11.2 Å². The van der Waals surface area contributed by atoms with E-state index in [4.69, 9.17) is 9.51 Å². The van der Waals surface area contributed by atoms with Crippen molar-refractivity contribution < 1.29 is 9.32 Å². The number of rotatable bonds is 6. The van der Waals surface area contributed by atoms with Gasteiger partial charge >= 0.3 is 0 Å². The summed E-state index contributed by atoms with van der Waals surface area (Å²) in [5, 5.41) is 15.9. The first-order valence-corrected chi connectivity index (χ1v) is 11.4. The van der Waals surface area contributed by atoms with Crippen LogP contribution in [0.2, 0.25) is 0 Å². The Hall–Kier alpha value is -3.68. The molecule has 4 heterocycles. The van der Waals surface area contributed by atoms with E-state index >= 15 is 0 Å². The van der Waals surface area contributed by atoms with E-state index in [1.165, 1.54) is 0 Å². The van der Waals surface area contributed by atoms with E-state index in [0.717, 1.165) is 65.0 Å². The Balaban J connectivity index is 1.52. The Labute approximate surface area is 192 Å². The van der Waals surface area contributed by atoms with Crippen molar-refractivity contribution >= 4 is 28.2 Å². The lowest BCUT2D eigenvalue weighted by atomic mass is 9.93. The molecule has 1 aliphatic heterocycles. The van der Waals surface area contributed by atoms with E-state index in [-0.39, 0.29) is 17.7 Å². The fraction of sp³-hybridized carbons (Fsp3) is 0.360. The van der Waals surface area contributed by atoms with Gasteiger partial charge in [-0.15, -0.1) is 0 Å². The molecule has 3 aromatic heterocycles. The van der Waals surface area contributed by atoms with Crippen LogP contribution in [0.1, 0.15) is 33.6 Å². The maximum absolute atomic E-state index is 11.7. The highest BCUT2D eigenvalue weighted by atomic mass is 16.5. The van der Waals surface area contributed by atoms with E-state index in [0.29, 0.717) is 5.76 Å². The van der Waals surface area contributed by atoms with Gasteiger partial charge in [0, 0.05) is 54.5 Å². The fourth-order valence-electron chi connectivity index (χ4n) is 4.47. The Kier molecular flexibility index (Phi) is 5.58. The van der Waals surface area contributed by atoms with Crippen LogP contribution in [0.15, 0.2) is 47.4 Å². The van der Waals surface area contributed by atoms with Gasteiger partial charge in [0.2, 0.25) is 0 Å². The van der Waals surface area contributed by atoms with E-state index in [2.05, 4.69) is 51.6 Å². The highest BCUT2D eigenvalue weighted by Gasteiger charge is 2.25. The first-order valence-electron chi connectivity index (χ1n) is 11.4. The van der Waals surface area contributed by atoms with Crippen LogP contribution < -0.4 is 10.2 Å². The molecule has 4 aromatic rings. The summed E-state index contributed by atoms with van der Waals surface area (Å²) in [6.07, 6.45) is 7.24. The van der Waals surface area contributed by atoms with Crippen LogP contribution in [0.3, 0.4) is 0 Å². The largest absolute Gasteiger partial charge is 0.382 e. The van der Waals surface area contributed by atoms with Crippen molar-refractivity contribution in [2.45, 2.75) is 39.7 Å². The number of aromatic nitrogens is 4. The third kappa shape index (κ3) is 4.20. The van der Waals surface area contributed by atoms with Crippen molar-refractivity contribution in [2.75, 3.05) is 23.3 Å². The molecular weight excluding hydrogens is 416 g/mol. The Morgan fingerprint density at radius 3 is 2.70 bits per heavy atom. The Bertz CT molecular complexity index is 1270. The molecule has 1 aliphatic rings. The number of carbonyl (C=O) groups excluding carboxylic acids is 1. The van der Waals surface area contributed by atoms with Gasteiger partial charge in [-0.2, -0.15) is 5.10 Å². The van der Waals surface area contributed by atoms with Crippen LogP contribution in [-0.4, -0.2) is 45.3 Å². The Morgan fingerprint density at radius 1 is 1.18 bits per heavy atom. The second-order valence-corrected chi connectivity index (χ2v) is 8.99. The van der Waals surface area contributed by atoms with Gasteiger partial charge in [0.05, 0.1) is 23.0 Å². The lowest BCUT2D eigenvalue weighted by Gasteiger charge is -2.30. The number of nitrogens with one attached hydrogen (secondary N) is 2. The molecule has 0 atom stereocenters. The van der Waals surface area contributed by atoms with Gasteiger partial charge in [0.1, 0.15) is 5.78 Å². The summed E-state index contributed by atoms with van der Waals surface area (Å²) in [5.74, 6) is 1.90. The smallest absolute Gasteiger partial charge is 0.172 e. The molecule has 0 aliphatic carbocycles. The van der Waals surface area contributed by atoms with Crippen LogP contribution in [0.4, 0.5) is 11.5 Å². The lowest BCUT2D eigenvalue weighted by Crippen LogP contribution is -2.35. The first kappa shape index (κ1) is 21.2. The van der Waals surface area contributed by atoms with E-state index < -0.39 is 0 Å². The second kappa shape index (κ2) is 8.69.